The number of thiazole rings is 1. The molecule has 1 aliphatic rings. The highest BCUT2D eigenvalue weighted by atomic mass is 32.1. The number of nitrogens with zero attached hydrogens (tertiary/aromatic N) is 3. The van der Waals surface area contributed by atoms with E-state index in [1.807, 2.05) is 67.4 Å². The van der Waals surface area contributed by atoms with Crippen LogP contribution in [0.1, 0.15) is 107 Å². The summed E-state index contributed by atoms with van der Waals surface area (Å²) in [6, 6.07) is 11.3. The molecule has 0 spiro atoms. The van der Waals surface area contributed by atoms with Crippen molar-refractivity contribution in [1.82, 2.24) is 14.9 Å². The Bertz CT molecular complexity index is 1270. The van der Waals surface area contributed by atoms with Crippen molar-refractivity contribution in [2.24, 2.45) is 5.92 Å². The number of ether oxygens (including phenoxy) is 1. The summed E-state index contributed by atoms with van der Waals surface area (Å²) >= 11 is 1.51. The number of carbonyl (C=O) groups is 2. The van der Waals surface area contributed by atoms with Gasteiger partial charge in [0.15, 0.2) is 0 Å². The molecule has 0 saturated carbocycles. The van der Waals surface area contributed by atoms with Crippen molar-refractivity contribution >= 4 is 23.2 Å². The Balaban J connectivity index is 1.93. The molecule has 1 aliphatic heterocycles. The monoisotopic (exact) mass is 547 g/mol. The molecule has 7 heteroatoms. The number of likely N-dealkylation sites (tertiary alicyclic amines) is 1. The van der Waals surface area contributed by atoms with E-state index in [1.165, 1.54) is 11.3 Å². The van der Waals surface area contributed by atoms with Gasteiger partial charge in [-0.2, -0.15) is 0 Å². The Hall–Kier alpha value is -3.06. The first-order valence-electron chi connectivity index (χ1n) is 13.7. The fraction of sp³-hybridized carbons (Fsp3) is 0.500. The summed E-state index contributed by atoms with van der Waals surface area (Å²) in [5, 5.41) is 2.74. The summed E-state index contributed by atoms with van der Waals surface area (Å²) in [6.45, 7) is 16.3. The van der Waals surface area contributed by atoms with Gasteiger partial charge in [0.2, 0.25) is 0 Å². The van der Waals surface area contributed by atoms with Crippen molar-refractivity contribution in [3.8, 4) is 0 Å². The van der Waals surface area contributed by atoms with E-state index in [0.29, 0.717) is 18.4 Å². The molecule has 0 unspecified atom stereocenters. The second-order valence-electron chi connectivity index (χ2n) is 13.0. The minimum absolute atomic E-state index is 0.0387. The first-order chi connectivity index (χ1) is 18.2. The normalized spacial score (nSPS) is 21.8. The lowest BCUT2D eigenvalue weighted by molar-refractivity contribution is -0.168. The molecule has 0 radical (unpaired) electrons. The number of amides is 1. The van der Waals surface area contributed by atoms with Gasteiger partial charge in [-0.1, -0.05) is 46.8 Å². The molecule has 6 nitrogen and oxygen atoms in total. The lowest BCUT2D eigenvalue weighted by Gasteiger charge is -2.41. The number of hydrogen-bond donors (Lipinski definition) is 0. The Kier molecular flexibility index (Phi) is 8.04. The molecule has 208 valence electrons. The Morgan fingerprint density at radius 3 is 2.18 bits per heavy atom. The van der Waals surface area contributed by atoms with Gasteiger partial charge in [-0.05, 0) is 80.3 Å². The van der Waals surface area contributed by atoms with Crippen LogP contribution in [0, 0.1) is 5.92 Å². The van der Waals surface area contributed by atoms with Gasteiger partial charge in [-0.3, -0.25) is 9.78 Å². The highest BCUT2D eigenvalue weighted by Crippen LogP contribution is 2.55. The number of rotatable bonds is 6. The summed E-state index contributed by atoms with van der Waals surface area (Å²) in [7, 11) is 0. The second kappa shape index (κ2) is 10.8. The fourth-order valence-electron chi connectivity index (χ4n) is 5.66. The van der Waals surface area contributed by atoms with E-state index in [1.54, 1.807) is 18.6 Å². The van der Waals surface area contributed by atoms with Crippen LogP contribution in [0.4, 0.5) is 0 Å². The number of carbonyl (C=O) groups excluding carboxylic acids is 2. The molecule has 2 aromatic heterocycles. The van der Waals surface area contributed by atoms with Crippen LogP contribution in [0.3, 0.4) is 0 Å². The molecule has 0 bridgehead atoms. The van der Waals surface area contributed by atoms with Crippen molar-refractivity contribution in [1.29, 1.82) is 0 Å². The number of hydrogen-bond acceptors (Lipinski definition) is 6. The van der Waals surface area contributed by atoms with Crippen LogP contribution in [0.5, 0.6) is 0 Å². The van der Waals surface area contributed by atoms with Gasteiger partial charge in [0.05, 0.1) is 6.04 Å². The maximum atomic E-state index is 14.6. The van der Waals surface area contributed by atoms with Crippen LogP contribution in [-0.2, 0) is 14.9 Å². The Labute approximate surface area is 236 Å². The zero-order chi connectivity index (χ0) is 28.6. The van der Waals surface area contributed by atoms with Gasteiger partial charge >= 0.3 is 5.97 Å². The topological polar surface area (TPSA) is 72.4 Å². The summed E-state index contributed by atoms with van der Waals surface area (Å²) in [5.41, 5.74) is 0.827. The number of pyridine rings is 1. The predicted molar refractivity (Wildman–Crippen MR) is 156 cm³/mol. The largest absolute Gasteiger partial charge is 0.458 e. The van der Waals surface area contributed by atoms with Crippen LogP contribution < -0.4 is 0 Å². The minimum atomic E-state index is -1.16. The molecule has 1 amide bonds. The number of esters is 1. The first kappa shape index (κ1) is 28.9. The maximum absolute atomic E-state index is 14.6. The average Bonchev–Trinajstić information content (AvgIpc) is 3.49. The van der Waals surface area contributed by atoms with E-state index in [0.717, 1.165) is 16.1 Å². The first-order valence-corrected chi connectivity index (χ1v) is 14.6. The lowest BCUT2D eigenvalue weighted by Crippen LogP contribution is -2.56. The second-order valence-corrected chi connectivity index (χ2v) is 14.0. The molecule has 39 heavy (non-hydrogen) atoms. The molecule has 1 saturated heterocycles. The summed E-state index contributed by atoms with van der Waals surface area (Å²) in [4.78, 5) is 39.7. The van der Waals surface area contributed by atoms with Gasteiger partial charge in [0.1, 0.15) is 16.1 Å². The standard InChI is InChI=1S/C32H41N3O3S/c1-21(2)19-32(29(37)38-31(6,7)8)20-25(22-13-15-33-16-14-22)26(27-34-17-18-39-27)35(32)28(36)23-9-11-24(12-10-23)30(3,4)5/h9-18,21,25-26H,19-20H2,1-8H3/t25-,26+,32-/m0/s1. The molecular weight excluding hydrogens is 506 g/mol. The van der Waals surface area contributed by atoms with E-state index in [9.17, 15) is 9.59 Å². The third-order valence-electron chi connectivity index (χ3n) is 7.26. The van der Waals surface area contributed by atoms with E-state index in [4.69, 9.17) is 4.74 Å². The van der Waals surface area contributed by atoms with Crippen LogP contribution >= 0.6 is 11.3 Å². The van der Waals surface area contributed by atoms with Crippen LogP contribution in [-0.4, -0.2) is 37.9 Å². The molecule has 1 fully saturated rings. The zero-order valence-corrected chi connectivity index (χ0v) is 25.2. The quantitative estimate of drug-likeness (QED) is 0.302. The molecule has 3 aromatic rings. The van der Waals surface area contributed by atoms with E-state index in [2.05, 4.69) is 44.6 Å². The van der Waals surface area contributed by atoms with Crippen LogP contribution in [0.2, 0.25) is 0 Å². The summed E-state index contributed by atoms with van der Waals surface area (Å²) in [6.07, 6.45) is 6.22. The third-order valence-corrected chi connectivity index (χ3v) is 8.10. The fourth-order valence-corrected chi connectivity index (χ4v) is 6.45. The third kappa shape index (κ3) is 6.08. The van der Waals surface area contributed by atoms with Crippen molar-refractivity contribution in [2.45, 2.75) is 96.7 Å². The summed E-state index contributed by atoms with van der Waals surface area (Å²) < 4.78 is 6.09. The maximum Gasteiger partial charge on any atom is 0.332 e. The Morgan fingerprint density at radius 2 is 1.67 bits per heavy atom. The minimum Gasteiger partial charge on any atom is -0.458 e. The highest BCUT2D eigenvalue weighted by Gasteiger charge is 2.61. The van der Waals surface area contributed by atoms with E-state index >= 15 is 0 Å². The van der Waals surface area contributed by atoms with E-state index in [-0.39, 0.29) is 29.1 Å². The molecular formula is C32H41N3O3S. The van der Waals surface area contributed by atoms with Crippen molar-refractivity contribution in [2.75, 3.05) is 0 Å². The zero-order valence-electron chi connectivity index (χ0n) is 24.4. The molecule has 3 atom stereocenters. The molecule has 0 N–H and O–H groups in total. The summed E-state index contributed by atoms with van der Waals surface area (Å²) in [5.74, 6) is -0.548. The highest BCUT2D eigenvalue weighted by molar-refractivity contribution is 7.09. The van der Waals surface area contributed by atoms with Crippen LogP contribution in [0.15, 0.2) is 60.4 Å². The lowest BCUT2D eigenvalue weighted by atomic mass is 9.81. The number of benzene rings is 1. The van der Waals surface area contributed by atoms with E-state index < -0.39 is 17.2 Å². The Morgan fingerprint density at radius 1 is 1.03 bits per heavy atom. The van der Waals surface area contributed by atoms with Gasteiger partial charge in [-0.25, -0.2) is 9.78 Å². The van der Waals surface area contributed by atoms with Crippen LogP contribution in [0.25, 0.3) is 0 Å². The van der Waals surface area contributed by atoms with Crippen molar-refractivity contribution < 1.29 is 14.3 Å². The average molecular weight is 548 g/mol. The van der Waals surface area contributed by atoms with Gasteiger partial charge < -0.3 is 9.64 Å². The SMILES string of the molecule is CC(C)C[C@@]1(C(=O)OC(C)(C)C)C[C@@H](c2ccncc2)[C@H](c2nccs2)N1C(=O)c1ccc(C(C)(C)C)cc1. The molecule has 3 heterocycles. The molecule has 1 aromatic carbocycles. The predicted octanol–water partition coefficient (Wildman–Crippen LogP) is 7.33. The smallest absolute Gasteiger partial charge is 0.332 e. The van der Waals surface area contributed by atoms with Crippen molar-refractivity contribution in [3.63, 3.8) is 0 Å². The van der Waals surface area contributed by atoms with Gasteiger partial charge in [0.25, 0.3) is 5.91 Å². The molecule has 0 aliphatic carbocycles. The number of aromatic nitrogens is 2. The van der Waals surface area contributed by atoms with Gasteiger partial charge in [0, 0.05) is 35.5 Å². The van der Waals surface area contributed by atoms with Gasteiger partial charge in [-0.15, -0.1) is 11.3 Å². The molecule has 4 rings (SSSR count). The van der Waals surface area contributed by atoms with Crippen molar-refractivity contribution in [3.05, 3.63) is 82.1 Å².